The number of aliphatic imine (C=N–C) groups is 1. The van der Waals surface area contributed by atoms with Crippen molar-refractivity contribution in [2.24, 2.45) is 4.99 Å². The van der Waals surface area contributed by atoms with Crippen molar-refractivity contribution in [2.75, 3.05) is 58.9 Å². The van der Waals surface area contributed by atoms with Crippen molar-refractivity contribution in [3.05, 3.63) is 34.9 Å². The highest BCUT2D eigenvalue weighted by Crippen LogP contribution is 2.13. The first-order valence-corrected chi connectivity index (χ1v) is 11.4. The number of aliphatic hydroxyl groups is 1. The molecule has 2 fully saturated rings. The summed E-state index contributed by atoms with van der Waals surface area (Å²) in [4.78, 5) is 12.2. The third kappa shape index (κ3) is 8.49. The maximum Gasteiger partial charge on any atom is 0.194 e. The van der Waals surface area contributed by atoms with Crippen LogP contribution in [-0.2, 0) is 6.54 Å². The van der Waals surface area contributed by atoms with E-state index >= 15 is 0 Å². The Labute approximate surface area is 203 Å². The second kappa shape index (κ2) is 13.7. The Hall–Kier alpha value is -0.610. The van der Waals surface area contributed by atoms with Crippen LogP contribution in [-0.4, -0.2) is 90.8 Å². The van der Waals surface area contributed by atoms with Gasteiger partial charge in [-0.15, -0.1) is 24.0 Å². The summed E-state index contributed by atoms with van der Waals surface area (Å²) in [6.45, 7) is 12.1. The molecule has 2 saturated heterocycles. The van der Waals surface area contributed by atoms with Crippen LogP contribution in [0.15, 0.2) is 29.3 Å². The van der Waals surface area contributed by atoms with Gasteiger partial charge in [-0.05, 0) is 50.4 Å². The van der Waals surface area contributed by atoms with Gasteiger partial charge in [0, 0.05) is 63.9 Å². The molecule has 0 aliphatic carbocycles. The zero-order chi connectivity index (χ0) is 20.5. The maximum absolute atomic E-state index is 9.62. The number of rotatable bonds is 7. The molecule has 0 atom stereocenters. The highest BCUT2D eigenvalue weighted by Gasteiger charge is 2.20. The lowest BCUT2D eigenvalue weighted by atomic mass is 10.1. The van der Waals surface area contributed by atoms with Crippen LogP contribution in [0.3, 0.4) is 0 Å². The van der Waals surface area contributed by atoms with Crippen molar-refractivity contribution in [1.29, 1.82) is 0 Å². The zero-order valence-electron chi connectivity index (χ0n) is 18.1. The van der Waals surface area contributed by atoms with E-state index in [0.717, 1.165) is 95.7 Å². The van der Waals surface area contributed by atoms with Gasteiger partial charge in [-0.2, -0.15) is 0 Å². The van der Waals surface area contributed by atoms with Gasteiger partial charge < -0.3 is 20.2 Å². The summed E-state index contributed by atoms with van der Waals surface area (Å²) in [5.74, 6) is 1.05. The number of halogens is 2. The first-order chi connectivity index (χ1) is 14.1. The molecule has 0 radical (unpaired) electrons. The molecule has 0 aromatic heterocycles. The molecular weight excluding hydrogens is 513 g/mol. The van der Waals surface area contributed by atoms with Crippen LogP contribution >= 0.6 is 35.6 Å². The molecule has 2 heterocycles. The second-order valence-corrected chi connectivity index (χ2v) is 8.49. The van der Waals surface area contributed by atoms with Crippen molar-refractivity contribution in [3.8, 4) is 0 Å². The Morgan fingerprint density at radius 3 is 2.37 bits per heavy atom. The third-order valence-corrected chi connectivity index (χ3v) is 6.03. The number of hydrogen-bond acceptors (Lipinski definition) is 4. The lowest BCUT2D eigenvalue weighted by Gasteiger charge is -2.36. The SMILES string of the molecule is CCNC(=NCCCN1CCC(O)CC1)N1CCN(Cc2ccc(Cl)cc2)CC1.I. The summed E-state index contributed by atoms with van der Waals surface area (Å²) in [5.41, 5.74) is 1.31. The molecule has 0 spiro atoms. The Morgan fingerprint density at radius 2 is 1.73 bits per heavy atom. The summed E-state index contributed by atoms with van der Waals surface area (Å²) in [7, 11) is 0. The quantitative estimate of drug-likeness (QED) is 0.237. The minimum Gasteiger partial charge on any atom is -0.393 e. The highest BCUT2D eigenvalue weighted by atomic mass is 127. The highest BCUT2D eigenvalue weighted by molar-refractivity contribution is 14.0. The van der Waals surface area contributed by atoms with E-state index in [4.69, 9.17) is 16.6 Å². The molecule has 1 aromatic rings. The van der Waals surface area contributed by atoms with Crippen molar-refractivity contribution in [3.63, 3.8) is 0 Å². The third-order valence-electron chi connectivity index (χ3n) is 5.78. The van der Waals surface area contributed by atoms with E-state index in [9.17, 15) is 5.11 Å². The topological polar surface area (TPSA) is 54.3 Å². The smallest absolute Gasteiger partial charge is 0.194 e. The number of benzene rings is 1. The molecule has 2 N–H and O–H groups in total. The molecule has 0 amide bonds. The van der Waals surface area contributed by atoms with Crippen molar-refractivity contribution in [1.82, 2.24) is 20.0 Å². The van der Waals surface area contributed by atoms with Crippen LogP contribution in [0.2, 0.25) is 5.02 Å². The molecule has 3 rings (SSSR count). The summed E-state index contributed by atoms with van der Waals surface area (Å²) in [6.07, 6.45) is 2.79. The van der Waals surface area contributed by atoms with Gasteiger partial charge in [-0.25, -0.2) is 0 Å². The molecule has 170 valence electrons. The summed E-state index contributed by atoms with van der Waals surface area (Å²) in [6, 6.07) is 8.16. The normalized spacial score (nSPS) is 19.6. The van der Waals surface area contributed by atoms with E-state index < -0.39 is 0 Å². The minimum atomic E-state index is -0.0945. The van der Waals surface area contributed by atoms with E-state index in [1.54, 1.807) is 0 Å². The Bertz CT molecular complexity index is 629. The maximum atomic E-state index is 9.62. The molecule has 8 heteroatoms. The fourth-order valence-electron chi connectivity index (χ4n) is 4.01. The van der Waals surface area contributed by atoms with Crippen LogP contribution in [0.1, 0.15) is 31.7 Å². The van der Waals surface area contributed by atoms with Crippen LogP contribution in [0.4, 0.5) is 0 Å². The predicted octanol–water partition coefficient (Wildman–Crippen LogP) is 2.89. The molecule has 0 unspecified atom stereocenters. The van der Waals surface area contributed by atoms with Gasteiger partial charge in [-0.1, -0.05) is 23.7 Å². The van der Waals surface area contributed by atoms with Gasteiger partial charge in [0.1, 0.15) is 0 Å². The average Bonchev–Trinajstić information content (AvgIpc) is 2.74. The predicted molar refractivity (Wildman–Crippen MR) is 136 cm³/mol. The van der Waals surface area contributed by atoms with Gasteiger partial charge in [0.25, 0.3) is 0 Å². The molecule has 1 aromatic carbocycles. The number of nitrogens with one attached hydrogen (secondary N) is 1. The Morgan fingerprint density at radius 1 is 1.07 bits per heavy atom. The summed E-state index contributed by atoms with van der Waals surface area (Å²) in [5, 5.41) is 13.9. The number of guanidine groups is 1. The summed E-state index contributed by atoms with van der Waals surface area (Å²) < 4.78 is 0. The molecule has 0 bridgehead atoms. The molecule has 2 aliphatic heterocycles. The van der Waals surface area contributed by atoms with E-state index in [1.165, 1.54) is 5.56 Å². The first kappa shape index (κ1) is 25.6. The van der Waals surface area contributed by atoms with Gasteiger partial charge in [-0.3, -0.25) is 9.89 Å². The summed E-state index contributed by atoms with van der Waals surface area (Å²) >= 11 is 5.99. The van der Waals surface area contributed by atoms with Gasteiger partial charge in [0.2, 0.25) is 0 Å². The second-order valence-electron chi connectivity index (χ2n) is 8.05. The van der Waals surface area contributed by atoms with Gasteiger partial charge in [0.15, 0.2) is 5.96 Å². The van der Waals surface area contributed by atoms with Crippen molar-refractivity contribution in [2.45, 2.75) is 38.8 Å². The minimum absolute atomic E-state index is 0. The standard InChI is InChI=1S/C22H36ClN5O.HI/c1-2-24-22(25-10-3-11-26-12-8-21(29)9-13-26)28-16-14-27(15-17-28)18-19-4-6-20(23)7-5-19;/h4-7,21,29H,2-3,8-18H2,1H3,(H,24,25);1H. The monoisotopic (exact) mass is 549 g/mol. The van der Waals surface area contributed by atoms with Crippen LogP contribution in [0.25, 0.3) is 0 Å². The number of nitrogens with zero attached hydrogens (tertiary/aromatic N) is 4. The number of likely N-dealkylation sites (tertiary alicyclic amines) is 1. The molecule has 2 aliphatic rings. The lowest BCUT2D eigenvalue weighted by molar-refractivity contribution is 0.0824. The van der Waals surface area contributed by atoms with Crippen molar-refractivity contribution < 1.29 is 5.11 Å². The van der Waals surface area contributed by atoms with Crippen LogP contribution < -0.4 is 5.32 Å². The molecule has 6 nitrogen and oxygen atoms in total. The van der Waals surface area contributed by atoms with Crippen molar-refractivity contribution >= 4 is 41.5 Å². The average molecular weight is 550 g/mol. The fraction of sp³-hybridized carbons (Fsp3) is 0.682. The van der Waals surface area contributed by atoms with E-state index in [1.807, 2.05) is 12.1 Å². The van der Waals surface area contributed by atoms with Gasteiger partial charge in [0.05, 0.1) is 6.10 Å². The van der Waals surface area contributed by atoms with Crippen LogP contribution in [0, 0.1) is 0 Å². The fourth-order valence-corrected chi connectivity index (χ4v) is 4.14. The molecule has 0 saturated carbocycles. The number of aliphatic hydroxyl groups excluding tert-OH is 1. The Kier molecular flexibility index (Phi) is 11.7. The van der Waals surface area contributed by atoms with E-state index in [-0.39, 0.29) is 30.1 Å². The van der Waals surface area contributed by atoms with Gasteiger partial charge >= 0.3 is 0 Å². The largest absolute Gasteiger partial charge is 0.393 e. The molecule has 30 heavy (non-hydrogen) atoms. The van der Waals surface area contributed by atoms with Crippen LogP contribution in [0.5, 0.6) is 0 Å². The number of hydrogen-bond donors (Lipinski definition) is 2. The lowest BCUT2D eigenvalue weighted by Crippen LogP contribution is -2.52. The number of piperidine rings is 1. The number of piperazine rings is 1. The zero-order valence-corrected chi connectivity index (χ0v) is 21.2. The Balaban J connectivity index is 0.00000320. The van der Waals surface area contributed by atoms with E-state index in [0.29, 0.717) is 0 Å². The first-order valence-electron chi connectivity index (χ1n) is 11.0. The van der Waals surface area contributed by atoms with E-state index in [2.05, 4.69) is 39.1 Å². The molecular formula is C22H37ClIN5O.